The van der Waals surface area contributed by atoms with Gasteiger partial charge in [0.1, 0.15) is 5.75 Å². The van der Waals surface area contributed by atoms with Crippen LogP contribution in [0, 0.1) is 6.92 Å². The molecule has 0 aliphatic heterocycles. The van der Waals surface area contributed by atoms with Crippen molar-refractivity contribution in [3.05, 3.63) is 28.8 Å². The molecule has 3 nitrogen and oxygen atoms in total. The summed E-state index contributed by atoms with van der Waals surface area (Å²) in [7, 11) is 0. The minimum Gasteiger partial charge on any atom is -0.508 e. The van der Waals surface area contributed by atoms with E-state index in [-0.39, 0.29) is 5.41 Å². The van der Waals surface area contributed by atoms with Gasteiger partial charge in [0.25, 0.3) is 0 Å². The number of aromatic hydroxyl groups is 1. The van der Waals surface area contributed by atoms with Gasteiger partial charge in [-0.1, -0.05) is 26.8 Å². The fourth-order valence-electron chi connectivity index (χ4n) is 1.62. The average Bonchev–Trinajstić information content (AvgIpc) is 2.09. The standard InChI is InChI=1S/C12H19NO2/c1-8-5-10(12(2,3)4)11(14)6-9(8)7-13-15/h5-6,13-15H,7H2,1-4H3. The number of hydrogen-bond donors (Lipinski definition) is 3. The van der Waals surface area contributed by atoms with Gasteiger partial charge in [-0.25, -0.2) is 5.48 Å². The van der Waals surface area contributed by atoms with Crippen molar-refractivity contribution in [1.82, 2.24) is 5.48 Å². The maximum atomic E-state index is 9.87. The lowest BCUT2D eigenvalue weighted by atomic mass is 9.84. The second kappa shape index (κ2) is 4.21. The van der Waals surface area contributed by atoms with Crippen LogP contribution in [-0.2, 0) is 12.0 Å². The predicted molar refractivity (Wildman–Crippen MR) is 60.2 cm³/mol. The highest BCUT2D eigenvalue weighted by molar-refractivity contribution is 5.44. The molecular weight excluding hydrogens is 190 g/mol. The Kier molecular flexibility index (Phi) is 3.37. The third kappa shape index (κ3) is 2.70. The lowest BCUT2D eigenvalue weighted by molar-refractivity contribution is 0.161. The van der Waals surface area contributed by atoms with Crippen molar-refractivity contribution in [2.45, 2.75) is 39.7 Å². The van der Waals surface area contributed by atoms with Crippen LogP contribution in [0.3, 0.4) is 0 Å². The van der Waals surface area contributed by atoms with Crippen LogP contribution in [0.15, 0.2) is 12.1 Å². The Morgan fingerprint density at radius 3 is 2.33 bits per heavy atom. The Bertz CT molecular complexity index is 353. The van der Waals surface area contributed by atoms with Gasteiger partial charge in [0.15, 0.2) is 0 Å². The normalized spacial score (nSPS) is 11.8. The summed E-state index contributed by atoms with van der Waals surface area (Å²) in [5.74, 6) is 0.290. The van der Waals surface area contributed by atoms with Gasteiger partial charge in [-0.3, -0.25) is 0 Å². The molecule has 1 rings (SSSR count). The van der Waals surface area contributed by atoms with Crippen LogP contribution in [0.25, 0.3) is 0 Å². The molecule has 0 aromatic heterocycles. The van der Waals surface area contributed by atoms with E-state index in [1.165, 1.54) is 0 Å². The first kappa shape index (κ1) is 12.0. The summed E-state index contributed by atoms with van der Waals surface area (Å²) < 4.78 is 0. The van der Waals surface area contributed by atoms with Gasteiger partial charge in [0.05, 0.1) is 0 Å². The molecule has 0 saturated carbocycles. The van der Waals surface area contributed by atoms with Crippen molar-refractivity contribution in [2.75, 3.05) is 0 Å². The van der Waals surface area contributed by atoms with Crippen molar-refractivity contribution in [3.8, 4) is 5.75 Å². The number of phenolic OH excluding ortho intramolecular Hbond substituents is 1. The zero-order chi connectivity index (χ0) is 11.6. The van der Waals surface area contributed by atoms with Gasteiger partial charge in [0.2, 0.25) is 0 Å². The number of rotatable bonds is 2. The Morgan fingerprint density at radius 1 is 1.27 bits per heavy atom. The first-order valence-corrected chi connectivity index (χ1v) is 5.06. The maximum Gasteiger partial charge on any atom is 0.119 e. The molecule has 0 aliphatic rings. The second-order valence-electron chi connectivity index (χ2n) is 4.88. The van der Waals surface area contributed by atoms with Crippen molar-refractivity contribution >= 4 is 0 Å². The van der Waals surface area contributed by atoms with Gasteiger partial charge < -0.3 is 10.3 Å². The van der Waals surface area contributed by atoms with Gasteiger partial charge in [-0.05, 0) is 35.1 Å². The molecule has 3 heteroatoms. The minimum absolute atomic E-state index is 0.0694. The highest BCUT2D eigenvalue weighted by Gasteiger charge is 2.19. The smallest absolute Gasteiger partial charge is 0.119 e. The molecule has 0 atom stereocenters. The van der Waals surface area contributed by atoms with Gasteiger partial charge in [-0.15, -0.1) is 0 Å². The molecular formula is C12H19NO2. The SMILES string of the molecule is Cc1cc(C(C)(C)C)c(O)cc1CNO. The van der Waals surface area contributed by atoms with Crippen LogP contribution in [0.4, 0.5) is 0 Å². The fourth-order valence-corrected chi connectivity index (χ4v) is 1.62. The van der Waals surface area contributed by atoms with E-state index >= 15 is 0 Å². The molecule has 0 bridgehead atoms. The number of benzene rings is 1. The topological polar surface area (TPSA) is 52.5 Å². The molecule has 0 unspecified atom stereocenters. The van der Waals surface area contributed by atoms with E-state index < -0.39 is 0 Å². The van der Waals surface area contributed by atoms with Crippen LogP contribution >= 0.6 is 0 Å². The highest BCUT2D eigenvalue weighted by Crippen LogP contribution is 2.32. The van der Waals surface area contributed by atoms with E-state index in [1.807, 2.05) is 13.0 Å². The molecule has 1 aromatic rings. The molecule has 3 N–H and O–H groups in total. The Morgan fingerprint density at radius 2 is 1.87 bits per heavy atom. The summed E-state index contributed by atoms with van der Waals surface area (Å²) >= 11 is 0. The Balaban J connectivity index is 3.20. The summed E-state index contributed by atoms with van der Waals surface area (Å²) in [6, 6.07) is 3.68. The van der Waals surface area contributed by atoms with Crippen molar-refractivity contribution in [2.24, 2.45) is 0 Å². The summed E-state index contributed by atoms with van der Waals surface area (Å²) in [4.78, 5) is 0. The summed E-state index contributed by atoms with van der Waals surface area (Å²) in [6.45, 7) is 8.51. The predicted octanol–water partition coefficient (Wildman–Crippen LogP) is 2.48. The number of hydroxylamine groups is 1. The van der Waals surface area contributed by atoms with E-state index in [2.05, 4.69) is 26.3 Å². The number of aryl methyl sites for hydroxylation is 1. The fraction of sp³-hybridized carbons (Fsp3) is 0.500. The summed E-state index contributed by atoms with van der Waals surface area (Å²) in [5, 5.41) is 18.5. The molecule has 0 aliphatic carbocycles. The molecule has 84 valence electrons. The first-order valence-electron chi connectivity index (χ1n) is 5.06. The summed E-state index contributed by atoms with van der Waals surface area (Å²) in [6.07, 6.45) is 0. The quantitative estimate of drug-likeness (QED) is 0.656. The molecule has 1 aromatic carbocycles. The zero-order valence-corrected chi connectivity index (χ0v) is 9.76. The van der Waals surface area contributed by atoms with Crippen LogP contribution in [0.2, 0.25) is 0 Å². The largest absolute Gasteiger partial charge is 0.508 e. The average molecular weight is 209 g/mol. The third-order valence-corrected chi connectivity index (χ3v) is 2.53. The first-order chi connectivity index (χ1) is 6.86. The van der Waals surface area contributed by atoms with Crippen molar-refractivity contribution in [3.63, 3.8) is 0 Å². The van der Waals surface area contributed by atoms with Crippen LogP contribution in [-0.4, -0.2) is 10.3 Å². The van der Waals surface area contributed by atoms with E-state index in [0.717, 1.165) is 16.7 Å². The van der Waals surface area contributed by atoms with E-state index in [4.69, 9.17) is 5.21 Å². The van der Waals surface area contributed by atoms with E-state index in [9.17, 15) is 5.11 Å². The molecule has 0 radical (unpaired) electrons. The Labute approximate surface area is 90.7 Å². The molecule has 0 spiro atoms. The van der Waals surface area contributed by atoms with E-state index in [1.54, 1.807) is 6.07 Å². The number of nitrogens with one attached hydrogen (secondary N) is 1. The monoisotopic (exact) mass is 209 g/mol. The Hall–Kier alpha value is -1.06. The van der Waals surface area contributed by atoms with Crippen LogP contribution < -0.4 is 5.48 Å². The van der Waals surface area contributed by atoms with Crippen molar-refractivity contribution in [1.29, 1.82) is 0 Å². The second-order valence-corrected chi connectivity index (χ2v) is 4.88. The van der Waals surface area contributed by atoms with Gasteiger partial charge in [0, 0.05) is 6.54 Å². The maximum absolute atomic E-state index is 9.87. The highest BCUT2D eigenvalue weighted by atomic mass is 16.5. The zero-order valence-electron chi connectivity index (χ0n) is 9.76. The lowest BCUT2D eigenvalue weighted by Gasteiger charge is -2.22. The lowest BCUT2D eigenvalue weighted by Crippen LogP contribution is -2.13. The van der Waals surface area contributed by atoms with Crippen LogP contribution in [0.5, 0.6) is 5.75 Å². The van der Waals surface area contributed by atoms with E-state index in [0.29, 0.717) is 12.3 Å². The molecule has 15 heavy (non-hydrogen) atoms. The molecule has 0 heterocycles. The summed E-state index contributed by atoms with van der Waals surface area (Å²) in [5.41, 5.74) is 4.94. The molecule has 0 saturated heterocycles. The van der Waals surface area contributed by atoms with Gasteiger partial charge in [-0.2, -0.15) is 0 Å². The minimum atomic E-state index is -0.0694. The molecule has 0 fully saturated rings. The third-order valence-electron chi connectivity index (χ3n) is 2.53. The number of hydrogen-bond acceptors (Lipinski definition) is 3. The van der Waals surface area contributed by atoms with Crippen LogP contribution in [0.1, 0.15) is 37.5 Å². The van der Waals surface area contributed by atoms with Gasteiger partial charge >= 0.3 is 0 Å². The molecule has 0 amide bonds. The van der Waals surface area contributed by atoms with Crippen molar-refractivity contribution < 1.29 is 10.3 Å². The number of phenols is 1.